The lowest BCUT2D eigenvalue weighted by molar-refractivity contribution is -0.115. The number of nitrogens with one attached hydrogen (secondary N) is 2. The van der Waals surface area contributed by atoms with Gasteiger partial charge in [0.2, 0.25) is 5.91 Å². The fraction of sp³-hybridized carbons (Fsp3) is 0.0435. The highest BCUT2D eigenvalue weighted by Gasteiger charge is 2.14. The molecule has 0 aliphatic carbocycles. The SMILES string of the molecule is O=C(Cc1ccc(NS(=O)(=O)c2ccc(F)cc2)cc1)Nc1ccc2ccccc2n1. The van der Waals surface area contributed by atoms with Crippen LogP contribution in [-0.4, -0.2) is 19.3 Å². The summed E-state index contributed by atoms with van der Waals surface area (Å²) in [7, 11) is -3.83. The number of sulfonamides is 1. The predicted octanol–water partition coefficient (Wildman–Crippen LogP) is 4.36. The van der Waals surface area contributed by atoms with Gasteiger partial charge < -0.3 is 5.32 Å². The van der Waals surface area contributed by atoms with Crippen LogP contribution in [0.1, 0.15) is 5.56 Å². The summed E-state index contributed by atoms with van der Waals surface area (Å²) in [5.74, 6) is -0.282. The van der Waals surface area contributed by atoms with Crippen molar-refractivity contribution in [3.05, 3.63) is 96.3 Å². The smallest absolute Gasteiger partial charge is 0.261 e. The molecule has 0 atom stereocenters. The Bertz CT molecular complexity index is 1340. The van der Waals surface area contributed by atoms with E-state index < -0.39 is 15.8 Å². The number of rotatable bonds is 6. The molecular formula is C23H18FN3O3S. The summed E-state index contributed by atoms with van der Waals surface area (Å²) in [4.78, 5) is 16.7. The second kappa shape index (κ2) is 8.53. The van der Waals surface area contributed by atoms with E-state index in [0.29, 0.717) is 17.1 Å². The second-order valence-electron chi connectivity index (χ2n) is 6.87. The summed E-state index contributed by atoms with van der Waals surface area (Å²) in [6.07, 6.45) is 0.111. The third-order valence-electron chi connectivity index (χ3n) is 4.56. The molecule has 0 aliphatic rings. The predicted molar refractivity (Wildman–Crippen MR) is 118 cm³/mol. The molecule has 0 saturated heterocycles. The maximum atomic E-state index is 13.0. The molecule has 156 valence electrons. The van der Waals surface area contributed by atoms with Gasteiger partial charge in [0.1, 0.15) is 11.6 Å². The molecule has 31 heavy (non-hydrogen) atoms. The van der Waals surface area contributed by atoms with E-state index >= 15 is 0 Å². The number of halogens is 1. The van der Waals surface area contributed by atoms with Crippen molar-refractivity contribution in [2.75, 3.05) is 10.0 Å². The van der Waals surface area contributed by atoms with E-state index in [0.717, 1.165) is 23.0 Å². The molecule has 0 saturated carbocycles. The molecular weight excluding hydrogens is 417 g/mol. The molecule has 0 bridgehead atoms. The molecule has 4 rings (SSSR count). The van der Waals surface area contributed by atoms with Crippen molar-refractivity contribution in [1.82, 2.24) is 4.98 Å². The van der Waals surface area contributed by atoms with Gasteiger partial charge in [-0.1, -0.05) is 30.3 Å². The first kappa shape index (κ1) is 20.5. The van der Waals surface area contributed by atoms with Gasteiger partial charge in [-0.25, -0.2) is 17.8 Å². The first-order valence-electron chi connectivity index (χ1n) is 9.42. The molecule has 0 fully saturated rings. The van der Waals surface area contributed by atoms with Crippen molar-refractivity contribution in [2.45, 2.75) is 11.3 Å². The molecule has 1 heterocycles. The molecule has 2 N–H and O–H groups in total. The zero-order valence-electron chi connectivity index (χ0n) is 16.2. The number of fused-ring (bicyclic) bond motifs is 1. The summed E-state index contributed by atoms with van der Waals surface area (Å²) in [5.41, 5.74) is 1.84. The molecule has 6 nitrogen and oxygen atoms in total. The van der Waals surface area contributed by atoms with Gasteiger partial charge >= 0.3 is 0 Å². The van der Waals surface area contributed by atoms with Crippen LogP contribution in [0, 0.1) is 5.82 Å². The van der Waals surface area contributed by atoms with Gasteiger partial charge in [0, 0.05) is 11.1 Å². The van der Waals surface area contributed by atoms with E-state index in [1.165, 1.54) is 12.1 Å². The molecule has 0 radical (unpaired) electrons. The van der Waals surface area contributed by atoms with Gasteiger partial charge in [-0.2, -0.15) is 0 Å². The van der Waals surface area contributed by atoms with Crippen molar-refractivity contribution in [2.24, 2.45) is 0 Å². The third kappa shape index (κ3) is 5.04. The highest BCUT2D eigenvalue weighted by Crippen LogP contribution is 2.18. The summed E-state index contributed by atoms with van der Waals surface area (Å²) in [6.45, 7) is 0. The Morgan fingerprint density at radius 2 is 1.58 bits per heavy atom. The van der Waals surface area contributed by atoms with Crippen LogP contribution in [0.15, 0.2) is 89.8 Å². The van der Waals surface area contributed by atoms with Crippen LogP contribution in [0.25, 0.3) is 10.9 Å². The Labute approximate surface area is 178 Å². The standard InChI is InChI=1S/C23H18FN3O3S/c24-18-8-12-20(13-9-18)31(29,30)27-19-10-5-16(6-11-19)15-23(28)26-22-14-7-17-3-1-2-4-21(17)25-22/h1-14,27H,15H2,(H,25,26,28). The Kier molecular flexibility index (Phi) is 5.64. The monoisotopic (exact) mass is 435 g/mol. The van der Waals surface area contributed by atoms with Gasteiger partial charge in [-0.3, -0.25) is 9.52 Å². The molecule has 4 aromatic rings. The zero-order chi connectivity index (χ0) is 21.8. The van der Waals surface area contributed by atoms with Gasteiger partial charge in [-0.15, -0.1) is 0 Å². The largest absolute Gasteiger partial charge is 0.310 e. The fourth-order valence-electron chi connectivity index (χ4n) is 3.03. The number of carbonyl (C=O) groups is 1. The fourth-order valence-corrected chi connectivity index (χ4v) is 4.09. The van der Waals surface area contributed by atoms with Crippen LogP contribution < -0.4 is 10.0 Å². The molecule has 3 aromatic carbocycles. The summed E-state index contributed by atoms with van der Waals surface area (Å²) in [6, 6.07) is 22.3. The maximum absolute atomic E-state index is 13.0. The van der Waals surface area contributed by atoms with Crippen molar-refractivity contribution in [1.29, 1.82) is 0 Å². The van der Waals surface area contributed by atoms with E-state index in [1.54, 1.807) is 30.3 Å². The van der Waals surface area contributed by atoms with Crippen LogP contribution in [0.3, 0.4) is 0 Å². The minimum absolute atomic E-state index is 0.0414. The first-order chi connectivity index (χ1) is 14.9. The number of hydrogen-bond acceptors (Lipinski definition) is 4. The van der Waals surface area contributed by atoms with Crippen molar-refractivity contribution in [3.8, 4) is 0 Å². The lowest BCUT2D eigenvalue weighted by Crippen LogP contribution is -2.15. The zero-order valence-corrected chi connectivity index (χ0v) is 17.1. The number of anilines is 2. The molecule has 0 unspecified atom stereocenters. The number of hydrogen-bond donors (Lipinski definition) is 2. The Morgan fingerprint density at radius 3 is 2.32 bits per heavy atom. The Balaban J connectivity index is 1.39. The number of pyridine rings is 1. The van der Waals surface area contributed by atoms with E-state index in [-0.39, 0.29) is 17.2 Å². The summed E-state index contributed by atoms with van der Waals surface area (Å²) in [5, 5.41) is 3.75. The molecule has 0 spiro atoms. The van der Waals surface area contributed by atoms with Crippen LogP contribution in [0.4, 0.5) is 15.9 Å². The van der Waals surface area contributed by atoms with Crippen molar-refractivity contribution < 1.29 is 17.6 Å². The topological polar surface area (TPSA) is 88.2 Å². The average molecular weight is 435 g/mol. The number of carbonyl (C=O) groups excluding carboxylic acids is 1. The van der Waals surface area contributed by atoms with Gasteiger partial charge in [-0.05, 0) is 60.2 Å². The van der Waals surface area contributed by atoms with Crippen LogP contribution in [0.5, 0.6) is 0 Å². The minimum Gasteiger partial charge on any atom is -0.310 e. The Morgan fingerprint density at radius 1 is 0.871 bits per heavy atom. The number of para-hydroxylation sites is 1. The minimum atomic E-state index is -3.83. The number of nitrogens with zero attached hydrogens (tertiary/aromatic N) is 1. The van der Waals surface area contributed by atoms with Gasteiger partial charge in [0.05, 0.1) is 16.8 Å². The van der Waals surface area contributed by atoms with E-state index in [9.17, 15) is 17.6 Å². The second-order valence-corrected chi connectivity index (χ2v) is 8.55. The van der Waals surface area contributed by atoms with Crippen LogP contribution in [0.2, 0.25) is 0 Å². The summed E-state index contributed by atoms with van der Waals surface area (Å²) < 4.78 is 40.2. The quantitative estimate of drug-likeness (QED) is 0.471. The average Bonchev–Trinajstić information content (AvgIpc) is 2.75. The lowest BCUT2D eigenvalue weighted by Gasteiger charge is -2.09. The van der Waals surface area contributed by atoms with E-state index in [1.807, 2.05) is 30.3 Å². The maximum Gasteiger partial charge on any atom is 0.261 e. The lowest BCUT2D eigenvalue weighted by atomic mass is 10.1. The molecule has 1 aromatic heterocycles. The highest BCUT2D eigenvalue weighted by atomic mass is 32.2. The van der Waals surface area contributed by atoms with Crippen LogP contribution in [-0.2, 0) is 21.2 Å². The van der Waals surface area contributed by atoms with Gasteiger partial charge in [0.25, 0.3) is 10.0 Å². The number of benzene rings is 3. The molecule has 1 amide bonds. The summed E-state index contributed by atoms with van der Waals surface area (Å²) >= 11 is 0. The van der Waals surface area contributed by atoms with Crippen molar-refractivity contribution >= 4 is 38.3 Å². The molecule has 0 aliphatic heterocycles. The third-order valence-corrected chi connectivity index (χ3v) is 5.96. The Hall–Kier alpha value is -3.78. The van der Waals surface area contributed by atoms with Gasteiger partial charge in [0.15, 0.2) is 0 Å². The highest BCUT2D eigenvalue weighted by molar-refractivity contribution is 7.92. The van der Waals surface area contributed by atoms with Crippen LogP contribution >= 0.6 is 0 Å². The normalized spacial score (nSPS) is 11.3. The van der Waals surface area contributed by atoms with E-state index in [2.05, 4.69) is 15.0 Å². The van der Waals surface area contributed by atoms with E-state index in [4.69, 9.17) is 0 Å². The molecule has 8 heteroatoms. The number of amides is 1. The first-order valence-corrected chi connectivity index (χ1v) is 10.9. The van der Waals surface area contributed by atoms with Crippen molar-refractivity contribution in [3.63, 3.8) is 0 Å². The number of aromatic nitrogens is 1.